The molecule has 130 valence electrons. The maximum Gasteiger partial charge on any atom is 0.251 e. The van der Waals surface area contributed by atoms with E-state index in [2.05, 4.69) is 10.2 Å². The summed E-state index contributed by atoms with van der Waals surface area (Å²) >= 11 is 0. The van der Waals surface area contributed by atoms with E-state index in [4.69, 9.17) is 0 Å². The Hall–Kier alpha value is -2.02. The van der Waals surface area contributed by atoms with Crippen molar-refractivity contribution in [1.82, 2.24) is 15.1 Å². The van der Waals surface area contributed by atoms with E-state index in [9.17, 15) is 18.4 Å². The molecule has 1 aromatic carbocycles. The van der Waals surface area contributed by atoms with Gasteiger partial charge in [-0.05, 0) is 25.0 Å². The Morgan fingerprint density at radius 1 is 1.04 bits per heavy atom. The molecule has 1 aliphatic heterocycles. The van der Waals surface area contributed by atoms with Crippen molar-refractivity contribution in [2.75, 3.05) is 32.7 Å². The molecule has 24 heavy (non-hydrogen) atoms. The van der Waals surface area contributed by atoms with Crippen LogP contribution in [0.3, 0.4) is 0 Å². The van der Waals surface area contributed by atoms with Crippen LogP contribution in [0.15, 0.2) is 18.2 Å². The Morgan fingerprint density at radius 3 is 2.21 bits per heavy atom. The predicted molar refractivity (Wildman–Crippen MR) is 84.5 cm³/mol. The number of hydrogen-bond acceptors (Lipinski definition) is 3. The number of nitrogens with zero attached hydrogens (tertiary/aromatic N) is 2. The van der Waals surface area contributed by atoms with Gasteiger partial charge in [-0.1, -0.05) is 6.42 Å². The molecule has 1 saturated heterocycles. The Balaban J connectivity index is 1.46. The molecule has 0 radical (unpaired) electrons. The zero-order valence-electron chi connectivity index (χ0n) is 13.4. The summed E-state index contributed by atoms with van der Waals surface area (Å²) in [6.07, 6.45) is 3.78. The van der Waals surface area contributed by atoms with Crippen molar-refractivity contribution in [2.24, 2.45) is 0 Å². The number of hydrogen-bond donors (Lipinski definition) is 1. The van der Waals surface area contributed by atoms with E-state index < -0.39 is 17.5 Å². The zero-order chi connectivity index (χ0) is 17.1. The van der Waals surface area contributed by atoms with E-state index in [0.29, 0.717) is 25.2 Å². The van der Waals surface area contributed by atoms with Crippen LogP contribution in [0.5, 0.6) is 0 Å². The summed E-state index contributed by atoms with van der Waals surface area (Å²) in [4.78, 5) is 28.2. The van der Waals surface area contributed by atoms with E-state index in [0.717, 1.165) is 25.2 Å². The summed E-state index contributed by atoms with van der Waals surface area (Å²) in [5.74, 6) is -2.47. The van der Waals surface area contributed by atoms with Crippen LogP contribution < -0.4 is 5.32 Å². The Kier molecular flexibility index (Phi) is 5.08. The van der Waals surface area contributed by atoms with Crippen LogP contribution in [-0.4, -0.2) is 60.4 Å². The highest BCUT2D eigenvalue weighted by Gasteiger charge is 2.29. The third-order valence-corrected chi connectivity index (χ3v) is 4.78. The average Bonchev–Trinajstić information content (AvgIpc) is 2.50. The Bertz CT molecular complexity index is 606. The number of nitrogens with one attached hydrogen (secondary N) is 1. The second-order valence-electron chi connectivity index (χ2n) is 6.34. The second-order valence-corrected chi connectivity index (χ2v) is 6.34. The summed E-state index contributed by atoms with van der Waals surface area (Å²) in [6, 6.07) is 3.26. The molecular weight excluding hydrogens is 316 g/mol. The number of amides is 2. The van der Waals surface area contributed by atoms with Crippen molar-refractivity contribution in [3.05, 3.63) is 35.4 Å². The van der Waals surface area contributed by atoms with Gasteiger partial charge in [0.25, 0.3) is 5.91 Å². The molecule has 0 unspecified atom stereocenters. The normalized spacial score (nSPS) is 19.0. The molecule has 2 fully saturated rings. The van der Waals surface area contributed by atoms with Crippen molar-refractivity contribution < 1.29 is 18.4 Å². The first-order chi connectivity index (χ1) is 11.5. The van der Waals surface area contributed by atoms with E-state index in [1.807, 2.05) is 0 Å². The molecule has 7 heteroatoms. The summed E-state index contributed by atoms with van der Waals surface area (Å²) < 4.78 is 26.2. The molecule has 0 aromatic heterocycles. The number of carbonyl (C=O) groups excluding carboxylic acids is 2. The first-order valence-electron chi connectivity index (χ1n) is 8.29. The minimum absolute atomic E-state index is 0.130. The van der Waals surface area contributed by atoms with Crippen molar-refractivity contribution in [3.63, 3.8) is 0 Å². The lowest BCUT2D eigenvalue weighted by Gasteiger charge is -2.42. The van der Waals surface area contributed by atoms with E-state index in [1.165, 1.54) is 19.3 Å². The smallest absolute Gasteiger partial charge is 0.251 e. The van der Waals surface area contributed by atoms with Gasteiger partial charge in [0.05, 0.1) is 6.54 Å². The lowest BCUT2D eigenvalue weighted by atomic mass is 9.91. The van der Waals surface area contributed by atoms with Gasteiger partial charge >= 0.3 is 0 Å². The van der Waals surface area contributed by atoms with Gasteiger partial charge in [-0.25, -0.2) is 8.78 Å². The molecule has 0 spiro atoms. The average molecular weight is 337 g/mol. The summed E-state index contributed by atoms with van der Waals surface area (Å²) in [7, 11) is 0. The van der Waals surface area contributed by atoms with E-state index in [-0.39, 0.29) is 18.0 Å². The van der Waals surface area contributed by atoms with Crippen LogP contribution in [0.4, 0.5) is 8.78 Å². The van der Waals surface area contributed by atoms with E-state index in [1.54, 1.807) is 4.90 Å². The van der Waals surface area contributed by atoms with Gasteiger partial charge in [-0.3, -0.25) is 14.5 Å². The van der Waals surface area contributed by atoms with Crippen molar-refractivity contribution in [2.45, 2.75) is 25.3 Å². The van der Waals surface area contributed by atoms with Gasteiger partial charge in [-0.15, -0.1) is 0 Å². The molecule has 0 atom stereocenters. The topological polar surface area (TPSA) is 52.7 Å². The highest BCUT2D eigenvalue weighted by atomic mass is 19.1. The maximum atomic E-state index is 13.1. The largest absolute Gasteiger partial charge is 0.343 e. The molecule has 2 aliphatic rings. The molecule has 2 amide bonds. The van der Waals surface area contributed by atoms with Crippen molar-refractivity contribution in [1.29, 1.82) is 0 Å². The number of rotatable bonds is 4. The molecule has 1 aromatic rings. The fourth-order valence-corrected chi connectivity index (χ4v) is 3.14. The third-order valence-electron chi connectivity index (χ3n) is 4.78. The van der Waals surface area contributed by atoms with Gasteiger partial charge < -0.3 is 10.2 Å². The van der Waals surface area contributed by atoms with Gasteiger partial charge in [0.1, 0.15) is 11.6 Å². The van der Waals surface area contributed by atoms with Crippen LogP contribution >= 0.6 is 0 Å². The van der Waals surface area contributed by atoms with Gasteiger partial charge in [0.2, 0.25) is 5.91 Å². The molecular formula is C17H21F2N3O2. The molecule has 0 bridgehead atoms. The van der Waals surface area contributed by atoms with Crippen LogP contribution in [0.25, 0.3) is 0 Å². The highest BCUT2D eigenvalue weighted by Crippen LogP contribution is 2.25. The van der Waals surface area contributed by atoms with Gasteiger partial charge in [0, 0.05) is 43.9 Å². The minimum atomic E-state index is -0.821. The van der Waals surface area contributed by atoms with Crippen molar-refractivity contribution in [3.8, 4) is 0 Å². The zero-order valence-corrected chi connectivity index (χ0v) is 13.4. The Labute approximate surface area is 139 Å². The molecule has 1 saturated carbocycles. The maximum absolute atomic E-state index is 13.1. The molecule has 1 aliphatic carbocycles. The van der Waals surface area contributed by atoms with Crippen LogP contribution in [0.1, 0.15) is 29.6 Å². The summed E-state index contributed by atoms with van der Waals surface area (Å²) in [5, 5.41) is 2.43. The number of benzene rings is 1. The highest BCUT2D eigenvalue weighted by molar-refractivity contribution is 5.96. The molecule has 3 rings (SSSR count). The van der Waals surface area contributed by atoms with Gasteiger partial charge in [0.15, 0.2) is 0 Å². The quantitative estimate of drug-likeness (QED) is 0.903. The number of carbonyl (C=O) groups is 2. The molecule has 1 N–H and O–H groups in total. The lowest BCUT2D eigenvalue weighted by Crippen LogP contribution is -2.54. The standard InChI is InChI=1S/C17H21F2N3O2/c18-13-8-12(9-14(19)10-13)17(24)20-11-16(23)22-6-4-21(5-7-22)15-2-1-3-15/h8-10,15H,1-7,11H2,(H,20,24). The van der Waals surface area contributed by atoms with Gasteiger partial charge in [-0.2, -0.15) is 0 Å². The van der Waals surface area contributed by atoms with Crippen LogP contribution in [-0.2, 0) is 4.79 Å². The number of piperazine rings is 1. The van der Waals surface area contributed by atoms with E-state index >= 15 is 0 Å². The molecule has 1 heterocycles. The fourth-order valence-electron chi connectivity index (χ4n) is 3.14. The first kappa shape index (κ1) is 16.8. The summed E-state index contributed by atoms with van der Waals surface area (Å²) in [6.45, 7) is 2.86. The monoisotopic (exact) mass is 337 g/mol. The lowest BCUT2D eigenvalue weighted by molar-refractivity contribution is -0.132. The fraction of sp³-hybridized carbons (Fsp3) is 0.529. The number of halogens is 2. The first-order valence-corrected chi connectivity index (χ1v) is 8.29. The minimum Gasteiger partial charge on any atom is -0.343 e. The predicted octanol–water partition coefficient (Wildman–Crippen LogP) is 1.39. The molecule has 5 nitrogen and oxygen atoms in total. The third kappa shape index (κ3) is 3.90. The Morgan fingerprint density at radius 2 is 1.67 bits per heavy atom. The summed E-state index contributed by atoms with van der Waals surface area (Å²) in [5.41, 5.74) is -0.130. The van der Waals surface area contributed by atoms with Crippen molar-refractivity contribution >= 4 is 11.8 Å². The SMILES string of the molecule is O=C(NCC(=O)N1CCN(C2CCC2)CC1)c1cc(F)cc(F)c1. The van der Waals surface area contributed by atoms with Crippen LogP contribution in [0.2, 0.25) is 0 Å². The van der Waals surface area contributed by atoms with Crippen LogP contribution in [0, 0.1) is 11.6 Å². The second kappa shape index (κ2) is 7.25.